The number of aryl methyl sites for hydroxylation is 1. The summed E-state index contributed by atoms with van der Waals surface area (Å²) in [5, 5.41) is 7.06. The molecule has 0 fully saturated rings. The smallest absolute Gasteiger partial charge is 0.317 e. The zero-order valence-electron chi connectivity index (χ0n) is 14.6. The highest BCUT2D eigenvalue weighted by atomic mass is 19.1. The quantitative estimate of drug-likeness (QED) is 0.751. The average Bonchev–Trinajstić information content (AvgIpc) is 3.08. The fraction of sp³-hybridized carbons (Fsp3) is 0.211. The van der Waals surface area contributed by atoms with Gasteiger partial charge in [0.05, 0.1) is 30.7 Å². The van der Waals surface area contributed by atoms with Crippen LogP contribution in [0.2, 0.25) is 0 Å². The van der Waals surface area contributed by atoms with Crippen molar-refractivity contribution >= 4 is 11.8 Å². The highest BCUT2D eigenvalue weighted by molar-refractivity contribution is 5.88. The van der Waals surface area contributed by atoms with Crippen LogP contribution in [0.5, 0.6) is 0 Å². The van der Waals surface area contributed by atoms with Gasteiger partial charge in [0.25, 0.3) is 0 Å². The maximum atomic E-state index is 13.3. The highest BCUT2D eigenvalue weighted by Gasteiger charge is 2.24. The van der Waals surface area contributed by atoms with Crippen molar-refractivity contribution in [3.63, 3.8) is 0 Å². The van der Waals surface area contributed by atoms with E-state index < -0.39 is 5.82 Å². The van der Waals surface area contributed by atoms with Gasteiger partial charge in [-0.05, 0) is 36.8 Å². The molecule has 2 aromatic heterocycles. The summed E-state index contributed by atoms with van der Waals surface area (Å²) in [5.74, 6) is -0.418. The third kappa shape index (κ3) is 3.38. The molecule has 0 saturated heterocycles. The Balaban J connectivity index is 1.53. The lowest BCUT2D eigenvalue weighted by Crippen LogP contribution is -2.41. The summed E-state index contributed by atoms with van der Waals surface area (Å²) in [6.45, 7) is 2.95. The van der Waals surface area contributed by atoms with Gasteiger partial charge in [0, 0.05) is 12.1 Å². The average molecular weight is 369 g/mol. The zero-order chi connectivity index (χ0) is 19.0. The minimum Gasteiger partial charge on any atom is -0.317 e. The molecule has 0 radical (unpaired) electrons. The monoisotopic (exact) mass is 369 g/mol. The Labute approximate surface area is 154 Å². The number of fused-ring (bicyclic) bond motifs is 1. The molecule has 1 aliphatic rings. The van der Waals surface area contributed by atoms with E-state index in [2.05, 4.69) is 15.4 Å². The van der Waals surface area contributed by atoms with Crippen LogP contribution in [0.25, 0.3) is 11.1 Å². The summed E-state index contributed by atoms with van der Waals surface area (Å²) in [6.07, 6.45) is 1.73. The van der Waals surface area contributed by atoms with Gasteiger partial charge in [0.1, 0.15) is 17.5 Å². The van der Waals surface area contributed by atoms with Crippen LogP contribution in [0.4, 0.5) is 19.4 Å². The van der Waals surface area contributed by atoms with E-state index >= 15 is 0 Å². The predicted molar refractivity (Wildman–Crippen MR) is 96.0 cm³/mol. The minimum absolute atomic E-state index is 0.225. The third-order valence-electron chi connectivity index (χ3n) is 4.57. The van der Waals surface area contributed by atoms with Crippen molar-refractivity contribution in [3.8, 4) is 11.1 Å². The van der Waals surface area contributed by atoms with Gasteiger partial charge < -0.3 is 4.90 Å². The number of carbonyl (C=O) groups is 1. The van der Waals surface area contributed by atoms with E-state index in [4.69, 9.17) is 0 Å². The lowest BCUT2D eigenvalue weighted by Gasteiger charge is -2.28. The number of hydrogen-bond donors (Lipinski definition) is 1. The van der Waals surface area contributed by atoms with E-state index in [0.29, 0.717) is 25.5 Å². The molecule has 0 atom stereocenters. The number of urea groups is 1. The lowest BCUT2D eigenvalue weighted by molar-refractivity contribution is 0.194. The summed E-state index contributed by atoms with van der Waals surface area (Å²) >= 11 is 0. The number of anilines is 1. The van der Waals surface area contributed by atoms with Crippen LogP contribution in [-0.2, 0) is 13.1 Å². The summed E-state index contributed by atoms with van der Waals surface area (Å²) < 4.78 is 28.4. The van der Waals surface area contributed by atoms with Crippen molar-refractivity contribution in [2.75, 3.05) is 11.9 Å². The summed E-state index contributed by atoms with van der Waals surface area (Å²) in [7, 11) is 0. The van der Waals surface area contributed by atoms with Gasteiger partial charge >= 0.3 is 6.03 Å². The van der Waals surface area contributed by atoms with Gasteiger partial charge in [-0.25, -0.2) is 18.6 Å². The molecule has 0 spiro atoms. The van der Waals surface area contributed by atoms with Crippen molar-refractivity contribution in [1.29, 1.82) is 0 Å². The molecule has 0 unspecified atom stereocenters. The molecule has 6 nitrogen and oxygen atoms in total. The molecule has 3 heterocycles. The van der Waals surface area contributed by atoms with Gasteiger partial charge in [0.15, 0.2) is 0 Å². The molecule has 1 aromatic carbocycles. The fourth-order valence-electron chi connectivity index (χ4n) is 3.09. The molecule has 1 N–H and O–H groups in total. The van der Waals surface area contributed by atoms with E-state index in [1.807, 2.05) is 4.68 Å². The van der Waals surface area contributed by atoms with Crippen molar-refractivity contribution in [2.45, 2.75) is 20.0 Å². The van der Waals surface area contributed by atoms with Crippen molar-refractivity contribution in [2.24, 2.45) is 0 Å². The Kier molecular flexibility index (Phi) is 4.31. The molecule has 138 valence electrons. The topological polar surface area (TPSA) is 63.1 Å². The van der Waals surface area contributed by atoms with E-state index in [1.165, 1.54) is 24.3 Å². The molecule has 0 aliphatic carbocycles. The number of pyridine rings is 1. The molecule has 2 amide bonds. The number of aromatic nitrogens is 3. The number of amides is 2. The third-order valence-corrected chi connectivity index (χ3v) is 4.57. The van der Waals surface area contributed by atoms with Crippen LogP contribution >= 0.6 is 0 Å². The summed E-state index contributed by atoms with van der Waals surface area (Å²) in [4.78, 5) is 18.3. The van der Waals surface area contributed by atoms with Crippen LogP contribution in [-0.4, -0.2) is 32.2 Å². The van der Waals surface area contributed by atoms with E-state index in [9.17, 15) is 13.6 Å². The van der Waals surface area contributed by atoms with Crippen LogP contribution in [0.1, 0.15) is 11.4 Å². The van der Waals surface area contributed by atoms with E-state index in [1.54, 1.807) is 30.2 Å². The van der Waals surface area contributed by atoms with Crippen LogP contribution in [0, 0.1) is 18.6 Å². The Hall–Kier alpha value is -3.29. The van der Waals surface area contributed by atoms with Crippen molar-refractivity contribution < 1.29 is 13.6 Å². The zero-order valence-corrected chi connectivity index (χ0v) is 14.6. The summed E-state index contributed by atoms with van der Waals surface area (Å²) in [6, 6.07) is 8.57. The van der Waals surface area contributed by atoms with Crippen LogP contribution in [0.15, 0.2) is 42.6 Å². The summed E-state index contributed by atoms with van der Waals surface area (Å²) in [5.41, 5.74) is 2.81. The Morgan fingerprint density at radius 1 is 1.11 bits per heavy atom. The molecule has 3 aromatic rings. The number of halogens is 2. The first-order chi connectivity index (χ1) is 13.0. The number of hydrogen-bond acceptors (Lipinski definition) is 3. The molecule has 27 heavy (non-hydrogen) atoms. The second-order valence-electron chi connectivity index (χ2n) is 6.35. The first-order valence-corrected chi connectivity index (χ1v) is 8.51. The largest absolute Gasteiger partial charge is 0.323 e. The predicted octanol–water partition coefficient (Wildman–Crippen LogP) is 3.58. The first kappa shape index (κ1) is 17.1. The Morgan fingerprint density at radius 2 is 1.89 bits per heavy atom. The van der Waals surface area contributed by atoms with Gasteiger partial charge in [0.2, 0.25) is 0 Å². The van der Waals surface area contributed by atoms with Gasteiger partial charge in [-0.3, -0.25) is 10.00 Å². The minimum atomic E-state index is -0.418. The molecule has 0 saturated carbocycles. The second-order valence-corrected chi connectivity index (χ2v) is 6.35. The number of nitrogens with zero attached hydrogens (tertiary/aromatic N) is 4. The van der Waals surface area contributed by atoms with Gasteiger partial charge in [-0.15, -0.1) is 0 Å². The van der Waals surface area contributed by atoms with Gasteiger partial charge in [-0.2, -0.15) is 5.10 Å². The number of nitrogens with one attached hydrogen (secondary N) is 1. The van der Waals surface area contributed by atoms with Crippen LogP contribution in [0.3, 0.4) is 0 Å². The molecule has 8 heteroatoms. The normalized spacial score (nSPS) is 13.4. The first-order valence-electron chi connectivity index (χ1n) is 8.51. The molecule has 4 rings (SSSR count). The number of benzene rings is 1. The standard InChI is InChI=1S/C19H17F2N5O/c1-12-16(21)6-7-18(23-12)24-19(27)25-8-9-26-17(11-25)15(10-22-26)13-2-4-14(20)5-3-13/h2-7,10H,8-9,11H2,1H3,(H,23,24,27). The molecule has 1 aliphatic heterocycles. The SMILES string of the molecule is Cc1nc(NC(=O)N2CCn3ncc(-c4ccc(F)cc4)c3C2)ccc1F. The Morgan fingerprint density at radius 3 is 2.63 bits per heavy atom. The number of rotatable bonds is 2. The van der Waals surface area contributed by atoms with Crippen molar-refractivity contribution in [3.05, 3.63) is 65.6 Å². The molecular formula is C19H17F2N5O. The van der Waals surface area contributed by atoms with Crippen LogP contribution < -0.4 is 5.32 Å². The second kappa shape index (κ2) is 6.79. The Bertz CT molecular complexity index is 1000. The van der Waals surface area contributed by atoms with Gasteiger partial charge in [-0.1, -0.05) is 12.1 Å². The maximum Gasteiger partial charge on any atom is 0.323 e. The van der Waals surface area contributed by atoms with Crippen molar-refractivity contribution in [1.82, 2.24) is 19.7 Å². The number of carbonyl (C=O) groups excluding carboxylic acids is 1. The molecule has 0 bridgehead atoms. The highest BCUT2D eigenvalue weighted by Crippen LogP contribution is 2.27. The van der Waals surface area contributed by atoms with E-state index in [0.717, 1.165) is 16.8 Å². The maximum absolute atomic E-state index is 13.3. The van der Waals surface area contributed by atoms with E-state index in [-0.39, 0.29) is 17.5 Å². The lowest BCUT2D eigenvalue weighted by atomic mass is 10.1. The molecular weight excluding hydrogens is 352 g/mol. The fourth-order valence-corrected chi connectivity index (χ4v) is 3.09.